The summed E-state index contributed by atoms with van der Waals surface area (Å²) in [5.41, 5.74) is 0.867. The Hall–Kier alpha value is -3.40. The molecule has 1 aromatic carbocycles. The average Bonchev–Trinajstić information content (AvgIpc) is 3.43. The van der Waals surface area contributed by atoms with Gasteiger partial charge in [0.1, 0.15) is 24.6 Å². The summed E-state index contributed by atoms with van der Waals surface area (Å²) in [5.74, 6) is -2.43. The number of aliphatic hydroxyl groups excluding tert-OH is 1. The molecule has 0 aliphatic carbocycles. The Morgan fingerprint density at radius 2 is 1.80 bits per heavy atom. The summed E-state index contributed by atoms with van der Waals surface area (Å²) < 4.78 is 52.3. The van der Waals surface area contributed by atoms with Crippen LogP contribution >= 0.6 is 0 Å². The monoisotopic (exact) mass is 580 g/mol. The zero-order valence-corrected chi connectivity index (χ0v) is 23.6. The molecule has 1 saturated heterocycles. The lowest BCUT2D eigenvalue weighted by Crippen LogP contribution is -2.49. The molecular weight excluding hydrogens is 549 g/mol. The molecular formula is C25H31F3N6O5Si. The number of carbonyl (C=O) groups excluding carboxylic acids is 2. The Balaban J connectivity index is 1.66. The van der Waals surface area contributed by atoms with E-state index in [4.69, 9.17) is 9.16 Å². The van der Waals surface area contributed by atoms with Gasteiger partial charge in [0.05, 0.1) is 6.33 Å². The molecule has 0 saturated carbocycles. The smallest absolute Gasteiger partial charge is 0.407 e. The molecule has 0 spiro atoms. The summed E-state index contributed by atoms with van der Waals surface area (Å²) in [7, 11) is -2.54. The van der Waals surface area contributed by atoms with Gasteiger partial charge in [-0.05, 0) is 30.3 Å². The summed E-state index contributed by atoms with van der Waals surface area (Å²) in [4.78, 5) is 36.9. The summed E-state index contributed by atoms with van der Waals surface area (Å²) in [6.45, 7) is 9.31. The van der Waals surface area contributed by atoms with Gasteiger partial charge in [0.25, 0.3) is 5.91 Å². The van der Waals surface area contributed by atoms with Crippen LogP contribution in [-0.2, 0) is 14.0 Å². The number of alkyl halides is 3. The van der Waals surface area contributed by atoms with Crippen LogP contribution in [-0.4, -0.2) is 75.8 Å². The van der Waals surface area contributed by atoms with Gasteiger partial charge in [0.15, 0.2) is 31.5 Å². The van der Waals surface area contributed by atoms with Gasteiger partial charge in [0, 0.05) is 12.1 Å². The molecule has 1 aliphatic rings. The number of ether oxygens (including phenoxy) is 1. The number of aliphatic hydroxyl groups is 1. The molecule has 3 N–H and O–H groups in total. The fourth-order valence-corrected chi connectivity index (χ4v) is 5.24. The largest absolute Gasteiger partial charge is 0.471 e. The number of benzene rings is 1. The molecule has 2 aromatic heterocycles. The minimum Gasteiger partial charge on any atom is -0.407 e. The van der Waals surface area contributed by atoms with Crippen molar-refractivity contribution in [2.24, 2.45) is 0 Å². The number of halogens is 3. The first kappa shape index (κ1) is 29.6. The lowest BCUT2D eigenvalue weighted by Gasteiger charge is -2.40. The second-order valence-corrected chi connectivity index (χ2v) is 15.7. The van der Waals surface area contributed by atoms with Crippen molar-refractivity contribution in [2.75, 3.05) is 11.9 Å². The molecule has 40 heavy (non-hydrogen) atoms. The summed E-state index contributed by atoms with van der Waals surface area (Å²) in [6.07, 6.45) is -7.19. The van der Waals surface area contributed by atoms with E-state index in [9.17, 15) is 27.9 Å². The molecule has 1 aliphatic heterocycles. The van der Waals surface area contributed by atoms with Crippen LogP contribution in [0.5, 0.6) is 0 Å². The van der Waals surface area contributed by atoms with Crippen LogP contribution in [0.1, 0.15) is 37.4 Å². The van der Waals surface area contributed by atoms with Crippen LogP contribution in [0.4, 0.5) is 19.0 Å². The number of imidazole rings is 1. The van der Waals surface area contributed by atoms with Crippen LogP contribution in [0.25, 0.3) is 11.2 Å². The minimum absolute atomic E-state index is 0.131. The lowest BCUT2D eigenvalue weighted by atomic mass is 10.1. The first-order valence-electron chi connectivity index (χ1n) is 12.5. The highest BCUT2D eigenvalue weighted by molar-refractivity contribution is 6.74. The molecule has 3 heterocycles. The van der Waals surface area contributed by atoms with Crippen molar-refractivity contribution < 1.29 is 37.0 Å². The van der Waals surface area contributed by atoms with Crippen molar-refractivity contribution in [3.8, 4) is 0 Å². The van der Waals surface area contributed by atoms with Crippen LogP contribution in [0.2, 0.25) is 18.1 Å². The Kier molecular flexibility index (Phi) is 8.04. The van der Waals surface area contributed by atoms with Crippen molar-refractivity contribution in [3.05, 3.63) is 48.5 Å². The van der Waals surface area contributed by atoms with Crippen LogP contribution < -0.4 is 10.6 Å². The molecule has 4 atom stereocenters. The highest BCUT2D eigenvalue weighted by atomic mass is 28.4. The SMILES string of the molecule is CC(C)(C)[Si](C)(C)O[C@@H]1[C@H](O)[C@@H](CNC(=O)C(F)(F)F)O[C@H]1n1cnc2c(NC(=O)c3ccccc3)ncnc21. The Morgan fingerprint density at radius 3 is 2.42 bits per heavy atom. The van der Waals surface area contributed by atoms with E-state index in [1.54, 1.807) is 35.6 Å². The average molecular weight is 581 g/mol. The van der Waals surface area contributed by atoms with E-state index < -0.39 is 57.4 Å². The second kappa shape index (κ2) is 10.9. The van der Waals surface area contributed by atoms with Crippen molar-refractivity contribution >= 4 is 37.1 Å². The van der Waals surface area contributed by atoms with Gasteiger partial charge in [-0.15, -0.1) is 0 Å². The third kappa shape index (κ3) is 6.01. The van der Waals surface area contributed by atoms with Gasteiger partial charge in [-0.25, -0.2) is 15.0 Å². The number of rotatable bonds is 7. The molecule has 15 heteroatoms. The summed E-state index contributed by atoms with van der Waals surface area (Å²) >= 11 is 0. The normalized spacial score (nSPS) is 21.9. The number of aromatic nitrogens is 4. The minimum atomic E-state index is -5.09. The van der Waals surface area contributed by atoms with Gasteiger partial charge < -0.3 is 24.9 Å². The van der Waals surface area contributed by atoms with Crippen molar-refractivity contribution in [1.29, 1.82) is 0 Å². The predicted octanol–water partition coefficient (Wildman–Crippen LogP) is 3.41. The molecule has 0 unspecified atom stereocenters. The topological polar surface area (TPSA) is 140 Å². The Labute approximate surface area is 229 Å². The van der Waals surface area contributed by atoms with Crippen LogP contribution in [0.3, 0.4) is 0 Å². The van der Waals surface area contributed by atoms with E-state index in [-0.39, 0.29) is 22.0 Å². The fourth-order valence-electron chi connectivity index (χ4n) is 3.95. The molecule has 0 bridgehead atoms. The number of amides is 2. The zero-order valence-electron chi connectivity index (χ0n) is 22.6. The van der Waals surface area contributed by atoms with E-state index in [2.05, 4.69) is 20.3 Å². The number of nitrogens with zero attached hydrogens (tertiary/aromatic N) is 4. The molecule has 1 fully saturated rings. The summed E-state index contributed by atoms with van der Waals surface area (Å²) in [5, 5.41) is 15.4. The van der Waals surface area contributed by atoms with E-state index in [0.29, 0.717) is 5.56 Å². The highest BCUT2D eigenvalue weighted by Gasteiger charge is 2.51. The van der Waals surface area contributed by atoms with Crippen molar-refractivity contribution in [2.45, 2.75) is 69.6 Å². The molecule has 4 rings (SSSR count). The van der Waals surface area contributed by atoms with E-state index >= 15 is 0 Å². The van der Waals surface area contributed by atoms with Crippen molar-refractivity contribution in [1.82, 2.24) is 24.8 Å². The maximum atomic E-state index is 12.8. The van der Waals surface area contributed by atoms with E-state index in [1.807, 2.05) is 33.9 Å². The third-order valence-electron chi connectivity index (χ3n) is 7.17. The van der Waals surface area contributed by atoms with Crippen molar-refractivity contribution in [3.63, 3.8) is 0 Å². The highest BCUT2D eigenvalue weighted by Crippen LogP contribution is 2.42. The van der Waals surface area contributed by atoms with Crippen LogP contribution in [0, 0.1) is 0 Å². The van der Waals surface area contributed by atoms with E-state index in [1.165, 1.54) is 17.2 Å². The Morgan fingerprint density at radius 1 is 1.12 bits per heavy atom. The first-order chi connectivity index (χ1) is 18.6. The second-order valence-electron chi connectivity index (χ2n) is 11.0. The maximum absolute atomic E-state index is 12.8. The first-order valence-corrected chi connectivity index (χ1v) is 15.4. The third-order valence-corrected chi connectivity index (χ3v) is 11.6. The predicted molar refractivity (Wildman–Crippen MR) is 141 cm³/mol. The molecule has 2 amide bonds. The van der Waals surface area contributed by atoms with Gasteiger partial charge in [-0.2, -0.15) is 13.2 Å². The maximum Gasteiger partial charge on any atom is 0.471 e. The summed E-state index contributed by atoms with van der Waals surface area (Å²) in [6, 6.07) is 8.50. The fraction of sp³-hybridized carbons (Fsp3) is 0.480. The van der Waals surface area contributed by atoms with Gasteiger partial charge in [-0.1, -0.05) is 39.0 Å². The van der Waals surface area contributed by atoms with Crippen LogP contribution in [0.15, 0.2) is 43.0 Å². The van der Waals surface area contributed by atoms with Gasteiger partial charge in [0.2, 0.25) is 0 Å². The Bertz CT molecular complexity index is 1380. The number of hydrogen-bond acceptors (Lipinski definition) is 8. The number of fused-ring (bicyclic) bond motifs is 1. The zero-order chi connectivity index (χ0) is 29.5. The number of hydrogen-bond donors (Lipinski definition) is 3. The number of nitrogens with one attached hydrogen (secondary N) is 2. The van der Waals surface area contributed by atoms with Gasteiger partial charge in [-0.3, -0.25) is 14.2 Å². The molecule has 11 nitrogen and oxygen atoms in total. The molecule has 3 aromatic rings. The quantitative estimate of drug-likeness (QED) is 0.361. The number of carbonyl (C=O) groups is 2. The standard InChI is InChI=1S/C25H31F3N6O5Si/c1-24(2,3)40(4,5)39-18-17(35)15(11-29-23(37)25(26,27)28)38-22(18)34-13-32-16-19(30-12-31-20(16)34)33-21(36)14-9-7-6-8-10-14/h6-10,12-13,15,17-18,22,35H,11H2,1-5H3,(H,29,37)(H,30,31,33,36)/t15-,17-,18-,22-/m1/s1. The lowest BCUT2D eigenvalue weighted by molar-refractivity contribution is -0.174. The number of anilines is 1. The molecule has 216 valence electrons. The van der Waals surface area contributed by atoms with Gasteiger partial charge >= 0.3 is 12.1 Å². The molecule has 0 radical (unpaired) electrons. The van der Waals surface area contributed by atoms with E-state index in [0.717, 1.165) is 0 Å².